The Labute approximate surface area is 231 Å². The molecule has 2 heterocycles. The van der Waals surface area contributed by atoms with Gasteiger partial charge in [-0.15, -0.1) is 0 Å². The highest BCUT2D eigenvalue weighted by Gasteiger charge is 2.44. The van der Waals surface area contributed by atoms with Gasteiger partial charge in [-0.3, -0.25) is 14.5 Å². The summed E-state index contributed by atoms with van der Waals surface area (Å²) in [6.07, 6.45) is 0.827. The standard InChI is InChI=1S/C28H26ClN3O5S/c1-2-13-35-22-10-6-20(7-11-22)30-26(33)15-23-27(34)32(21-8-4-19(29)5-9-21)28(38)31(23)16-18-3-12-24-25(14-18)37-17-36-24/h3-12,14,23H,2,13,15-17H2,1H3,(H,30,33). The van der Waals surface area contributed by atoms with Gasteiger partial charge in [0.25, 0.3) is 5.91 Å². The van der Waals surface area contributed by atoms with Crippen LogP contribution in [0.25, 0.3) is 0 Å². The average Bonchev–Trinajstić information content (AvgIpc) is 3.47. The monoisotopic (exact) mass is 551 g/mol. The van der Waals surface area contributed by atoms with E-state index in [0.717, 1.165) is 17.7 Å². The van der Waals surface area contributed by atoms with Crippen molar-refractivity contribution in [3.05, 3.63) is 77.3 Å². The summed E-state index contributed by atoms with van der Waals surface area (Å²) in [4.78, 5) is 29.9. The number of thiocarbonyl (C=S) groups is 1. The second-order valence-corrected chi connectivity index (χ2v) is 9.69. The summed E-state index contributed by atoms with van der Waals surface area (Å²) < 4.78 is 16.5. The minimum absolute atomic E-state index is 0.0816. The molecule has 1 saturated heterocycles. The van der Waals surface area contributed by atoms with Gasteiger partial charge in [-0.25, -0.2) is 0 Å². The van der Waals surface area contributed by atoms with E-state index < -0.39 is 6.04 Å². The van der Waals surface area contributed by atoms with E-state index in [4.69, 9.17) is 38.0 Å². The van der Waals surface area contributed by atoms with Crippen LogP contribution in [0.15, 0.2) is 66.7 Å². The zero-order chi connectivity index (χ0) is 26.6. The van der Waals surface area contributed by atoms with Gasteiger partial charge in [0.2, 0.25) is 12.7 Å². The molecule has 1 unspecified atom stereocenters. The summed E-state index contributed by atoms with van der Waals surface area (Å²) in [6.45, 7) is 3.14. The summed E-state index contributed by atoms with van der Waals surface area (Å²) in [5.41, 5.74) is 2.07. The lowest BCUT2D eigenvalue weighted by Crippen LogP contribution is -2.37. The van der Waals surface area contributed by atoms with Crippen LogP contribution in [0.2, 0.25) is 5.02 Å². The van der Waals surface area contributed by atoms with Gasteiger partial charge in [-0.2, -0.15) is 0 Å². The summed E-state index contributed by atoms with van der Waals surface area (Å²) in [5.74, 6) is 1.45. The van der Waals surface area contributed by atoms with Gasteiger partial charge in [0.05, 0.1) is 18.7 Å². The molecule has 1 atom stereocenters. The molecule has 0 aromatic heterocycles. The number of fused-ring (bicyclic) bond motifs is 1. The van der Waals surface area contributed by atoms with E-state index in [1.807, 2.05) is 25.1 Å². The van der Waals surface area contributed by atoms with Crippen molar-refractivity contribution in [2.75, 3.05) is 23.6 Å². The highest BCUT2D eigenvalue weighted by Crippen LogP contribution is 2.35. The molecule has 0 saturated carbocycles. The lowest BCUT2D eigenvalue weighted by Gasteiger charge is -2.24. The number of hydrogen-bond donors (Lipinski definition) is 1. The van der Waals surface area contributed by atoms with Gasteiger partial charge in [0, 0.05) is 17.3 Å². The van der Waals surface area contributed by atoms with Crippen LogP contribution < -0.4 is 24.4 Å². The maximum Gasteiger partial charge on any atom is 0.256 e. The number of carbonyl (C=O) groups excluding carboxylic acids is 2. The Bertz CT molecular complexity index is 1350. The molecule has 38 heavy (non-hydrogen) atoms. The molecule has 5 rings (SSSR count). The average molecular weight is 552 g/mol. The highest BCUT2D eigenvalue weighted by molar-refractivity contribution is 7.80. The molecule has 3 aromatic carbocycles. The lowest BCUT2D eigenvalue weighted by atomic mass is 10.1. The molecule has 0 aliphatic carbocycles. The highest BCUT2D eigenvalue weighted by atomic mass is 35.5. The summed E-state index contributed by atoms with van der Waals surface area (Å²) in [5, 5.41) is 3.74. The van der Waals surface area contributed by atoms with Crippen molar-refractivity contribution < 1.29 is 23.8 Å². The van der Waals surface area contributed by atoms with Gasteiger partial charge >= 0.3 is 0 Å². The number of ether oxygens (including phenoxy) is 3. The first-order valence-electron chi connectivity index (χ1n) is 12.2. The second kappa shape index (κ2) is 11.3. The van der Waals surface area contributed by atoms with Crippen LogP contribution in [0.3, 0.4) is 0 Å². The van der Waals surface area contributed by atoms with Crippen LogP contribution in [0.4, 0.5) is 11.4 Å². The van der Waals surface area contributed by atoms with Crippen molar-refractivity contribution in [1.82, 2.24) is 4.90 Å². The first kappa shape index (κ1) is 25.8. The smallest absolute Gasteiger partial charge is 0.256 e. The number of nitrogens with zero attached hydrogens (tertiary/aromatic N) is 2. The van der Waals surface area contributed by atoms with Crippen molar-refractivity contribution in [3.63, 3.8) is 0 Å². The minimum Gasteiger partial charge on any atom is -0.494 e. The van der Waals surface area contributed by atoms with Crippen LogP contribution in [-0.4, -0.2) is 41.3 Å². The molecule has 196 valence electrons. The Morgan fingerprint density at radius 3 is 2.55 bits per heavy atom. The molecule has 0 bridgehead atoms. The van der Waals surface area contributed by atoms with E-state index in [1.54, 1.807) is 53.4 Å². The molecular formula is C28H26ClN3O5S. The molecule has 1 fully saturated rings. The van der Waals surface area contributed by atoms with Crippen LogP contribution >= 0.6 is 23.8 Å². The number of rotatable bonds is 9. The first-order chi connectivity index (χ1) is 18.4. The minimum atomic E-state index is -0.796. The third-order valence-electron chi connectivity index (χ3n) is 6.18. The number of anilines is 2. The Hall–Kier alpha value is -3.82. The molecule has 0 spiro atoms. The van der Waals surface area contributed by atoms with Crippen LogP contribution in [0.5, 0.6) is 17.2 Å². The number of amides is 2. The largest absolute Gasteiger partial charge is 0.494 e. The van der Waals surface area contributed by atoms with Crippen molar-refractivity contribution >= 4 is 52.1 Å². The molecule has 2 amide bonds. The topological polar surface area (TPSA) is 80.3 Å². The zero-order valence-corrected chi connectivity index (χ0v) is 22.3. The molecule has 8 nitrogen and oxygen atoms in total. The SMILES string of the molecule is CCCOc1ccc(NC(=O)CC2C(=O)N(c3ccc(Cl)cc3)C(=S)N2Cc2ccc3c(c2)OCO3)cc1. The van der Waals surface area contributed by atoms with Crippen LogP contribution in [0.1, 0.15) is 25.3 Å². The second-order valence-electron chi connectivity index (χ2n) is 8.89. The first-order valence-corrected chi connectivity index (χ1v) is 13.0. The summed E-state index contributed by atoms with van der Waals surface area (Å²) in [7, 11) is 0. The molecule has 0 radical (unpaired) electrons. The number of halogens is 1. The Morgan fingerprint density at radius 2 is 1.82 bits per heavy atom. The lowest BCUT2D eigenvalue weighted by molar-refractivity contribution is -0.124. The normalized spacial score (nSPS) is 16.2. The molecular weight excluding hydrogens is 526 g/mol. The van der Waals surface area contributed by atoms with E-state index in [9.17, 15) is 9.59 Å². The Balaban J connectivity index is 1.36. The quantitative estimate of drug-likeness (QED) is 0.357. The van der Waals surface area contributed by atoms with Crippen molar-refractivity contribution in [3.8, 4) is 17.2 Å². The van der Waals surface area contributed by atoms with E-state index in [2.05, 4.69) is 5.32 Å². The fourth-order valence-corrected chi connectivity index (χ4v) is 4.83. The van der Waals surface area contributed by atoms with Gasteiger partial charge < -0.3 is 24.4 Å². The fraction of sp³-hybridized carbons (Fsp3) is 0.250. The molecule has 3 aromatic rings. The number of nitrogens with one attached hydrogen (secondary N) is 1. The van der Waals surface area contributed by atoms with E-state index in [1.165, 1.54) is 4.90 Å². The van der Waals surface area contributed by atoms with Gasteiger partial charge in [-0.05, 0) is 84.9 Å². The van der Waals surface area contributed by atoms with Crippen molar-refractivity contribution in [2.24, 2.45) is 0 Å². The predicted molar refractivity (Wildman–Crippen MR) is 149 cm³/mol. The summed E-state index contributed by atoms with van der Waals surface area (Å²) in [6, 6.07) is 18.8. The maximum atomic E-state index is 13.6. The van der Waals surface area contributed by atoms with E-state index in [0.29, 0.717) is 46.2 Å². The number of benzene rings is 3. The predicted octanol–water partition coefficient (Wildman–Crippen LogP) is 5.39. The summed E-state index contributed by atoms with van der Waals surface area (Å²) >= 11 is 11.8. The molecule has 2 aliphatic heterocycles. The van der Waals surface area contributed by atoms with E-state index in [-0.39, 0.29) is 25.0 Å². The van der Waals surface area contributed by atoms with Gasteiger partial charge in [-0.1, -0.05) is 24.6 Å². The maximum absolute atomic E-state index is 13.6. The van der Waals surface area contributed by atoms with Gasteiger partial charge in [0.15, 0.2) is 16.6 Å². The molecule has 1 N–H and O–H groups in total. The zero-order valence-electron chi connectivity index (χ0n) is 20.7. The number of carbonyl (C=O) groups is 2. The van der Waals surface area contributed by atoms with Crippen LogP contribution in [0, 0.1) is 0 Å². The van der Waals surface area contributed by atoms with Gasteiger partial charge in [0.1, 0.15) is 11.8 Å². The molecule has 10 heteroatoms. The Morgan fingerprint density at radius 1 is 1.08 bits per heavy atom. The van der Waals surface area contributed by atoms with E-state index >= 15 is 0 Å². The van der Waals surface area contributed by atoms with Crippen LogP contribution in [-0.2, 0) is 16.1 Å². The third-order valence-corrected chi connectivity index (χ3v) is 6.85. The van der Waals surface area contributed by atoms with Crippen molar-refractivity contribution in [2.45, 2.75) is 32.4 Å². The fourth-order valence-electron chi connectivity index (χ4n) is 4.32. The molecule has 2 aliphatic rings. The number of hydrogen-bond acceptors (Lipinski definition) is 6. The Kier molecular flexibility index (Phi) is 7.67. The van der Waals surface area contributed by atoms with Crippen molar-refractivity contribution in [1.29, 1.82) is 0 Å². The third kappa shape index (κ3) is 5.54.